The average molecular weight is 518 g/mol. The number of ether oxygens (including phenoxy) is 1. The zero-order valence-electron chi connectivity index (χ0n) is 19.8. The second-order valence-corrected chi connectivity index (χ2v) is 9.24. The fourth-order valence-electron chi connectivity index (χ4n) is 3.97. The number of hydrogen-bond acceptors (Lipinski definition) is 5. The highest BCUT2D eigenvalue weighted by Crippen LogP contribution is 2.27. The fraction of sp³-hybridized carbons (Fsp3) is 0.346. The van der Waals surface area contributed by atoms with Crippen LogP contribution < -0.4 is 5.32 Å². The van der Waals surface area contributed by atoms with Gasteiger partial charge in [0.1, 0.15) is 0 Å². The van der Waals surface area contributed by atoms with Gasteiger partial charge in [-0.05, 0) is 61.3 Å². The van der Waals surface area contributed by atoms with E-state index in [1.54, 1.807) is 29.2 Å². The molecule has 0 aromatic heterocycles. The summed E-state index contributed by atoms with van der Waals surface area (Å²) < 4.78 is 4.48. The van der Waals surface area contributed by atoms with Crippen LogP contribution in [-0.2, 0) is 25.5 Å². The smallest absolute Gasteiger partial charge is 0.330 e. The molecular formula is C26H29Cl2N3O4. The molecule has 186 valence electrons. The number of likely N-dealkylation sites (N-methyl/N-ethyl adjacent to an activating group) is 1. The van der Waals surface area contributed by atoms with Crippen LogP contribution in [-0.4, -0.2) is 61.4 Å². The number of carbonyl (C=O) groups excluding carboxylic acids is 3. The molecule has 9 heteroatoms. The van der Waals surface area contributed by atoms with Crippen molar-refractivity contribution in [3.63, 3.8) is 0 Å². The van der Waals surface area contributed by atoms with E-state index in [0.29, 0.717) is 15.7 Å². The number of hydrogen-bond donors (Lipinski definition) is 1. The predicted octanol–water partition coefficient (Wildman–Crippen LogP) is 4.50. The standard InChI is InChI=1S/C26H29Cl2N3O4/c1-30(25(33)16-18-5-10-21(27)22(28)15-18)23(17-31-13-3-4-14-31)19-6-8-20(9-7-19)29-24(32)11-12-26(34)35-2/h5-12,15,23H,3-4,13-14,16-17H2,1-2H3,(H,29,32)/b12-11+/t23-/m1/s1. The van der Waals surface area contributed by atoms with Gasteiger partial charge in [-0.1, -0.05) is 41.4 Å². The summed E-state index contributed by atoms with van der Waals surface area (Å²) in [6.07, 6.45) is 4.69. The summed E-state index contributed by atoms with van der Waals surface area (Å²) in [5.41, 5.74) is 2.34. The first-order valence-corrected chi connectivity index (χ1v) is 12.1. The van der Waals surface area contributed by atoms with E-state index >= 15 is 0 Å². The lowest BCUT2D eigenvalue weighted by atomic mass is 10.0. The molecule has 1 atom stereocenters. The van der Waals surface area contributed by atoms with Gasteiger partial charge in [-0.25, -0.2) is 4.79 Å². The van der Waals surface area contributed by atoms with Crippen LogP contribution in [0.3, 0.4) is 0 Å². The van der Waals surface area contributed by atoms with Crippen LogP contribution in [0.2, 0.25) is 10.0 Å². The number of anilines is 1. The maximum atomic E-state index is 13.2. The van der Waals surface area contributed by atoms with Crippen LogP contribution >= 0.6 is 23.2 Å². The van der Waals surface area contributed by atoms with Gasteiger partial charge in [-0.2, -0.15) is 0 Å². The fourth-order valence-corrected chi connectivity index (χ4v) is 4.29. The Bertz CT molecular complexity index is 1080. The number of esters is 1. The van der Waals surface area contributed by atoms with Gasteiger partial charge < -0.3 is 19.9 Å². The van der Waals surface area contributed by atoms with Crippen molar-refractivity contribution < 1.29 is 19.1 Å². The van der Waals surface area contributed by atoms with Crippen molar-refractivity contribution in [2.75, 3.05) is 39.1 Å². The Labute approximate surface area is 215 Å². The Morgan fingerprint density at radius 3 is 2.37 bits per heavy atom. The van der Waals surface area contributed by atoms with Gasteiger partial charge in [0, 0.05) is 31.4 Å². The van der Waals surface area contributed by atoms with E-state index in [9.17, 15) is 14.4 Å². The molecule has 0 radical (unpaired) electrons. The molecule has 2 amide bonds. The van der Waals surface area contributed by atoms with Gasteiger partial charge in [0.25, 0.3) is 0 Å². The summed E-state index contributed by atoms with van der Waals surface area (Å²) in [6, 6.07) is 12.4. The lowest BCUT2D eigenvalue weighted by molar-refractivity contribution is -0.135. The van der Waals surface area contributed by atoms with Gasteiger partial charge in [0.2, 0.25) is 11.8 Å². The highest BCUT2D eigenvalue weighted by molar-refractivity contribution is 6.42. The number of methoxy groups -OCH3 is 1. The minimum atomic E-state index is -0.603. The van der Waals surface area contributed by atoms with E-state index in [4.69, 9.17) is 23.2 Å². The summed E-state index contributed by atoms with van der Waals surface area (Å²) >= 11 is 12.1. The largest absolute Gasteiger partial charge is 0.466 e. The van der Waals surface area contributed by atoms with Crippen LogP contribution in [0.1, 0.15) is 30.0 Å². The second kappa shape index (κ2) is 12.7. The van der Waals surface area contributed by atoms with E-state index in [0.717, 1.165) is 55.8 Å². The third-order valence-corrected chi connectivity index (χ3v) is 6.70. The van der Waals surface area contributed by atoms with Gasteiger partial charge >= 0.3 is 5.97 Å². The molecule has 0 saturated carbocycles. The Morgan fingerprint density at radius 1 is 1.06 bits per heavy atom. The monoisotopic (exact) mass is 517 g/mol. The van der Waals surface area contributed by atoms with Crippen molar-refractivity contribution in [1.29, 1.82) is 0 Å². The summed E-state index contributed by atoms with van der Waals surface area (Å²) in [5, 5.41) is 3.59. The molecule has 1 fully saturated rings. The summed E-state index contributed by atoms with van der Waals surface area (Å²) in [5.74, 6) is -1.07. The maximum Gasteiger partial charge on any atom is 0.330 e. The molecular weight excluding hydrogens is 489 g/mol. The molecule has 2 aromatic carbocycles. The molecule has 1 saturated heterocycles. The second-order valence-electron chi connectivity index (χ2n) is 8.42. The van der Waals surface area contributed by atoms with Crippen molar-refractivity contribution in [2.45, 2.75) is 25.3 Å². The number of amides is 2. The first-order valence-electron chi connectivity index (χ1n) is 11.4. The topological polar surface area (TPSA) is 79.0 Å². The van der Waals surface area contributed by atoms with Gasteiger partial charge in [0.05, 0.1) is 29.6 Å². The number of carbonyl (C=O) groups is 3. The number of halogens is 2. The van der Waals surface area contributed by atoms with E-state index in [1.165, 1.54) is 7.11 Å². The molecule has 0 spiro atoms. The molecule has 7 nitrogen and oxygen atoms in total. The molecule has 1 heterocycles. The molecule has 1 aliphatic heterocycles. The molecule has 2 aromatic rings. The van der Waals surface area contributed by atoms with Crippen LogP contribution in [0.25, 0.3) is 0 Å². The normalized spacial score (nSPS) is 14.6. The van der Waals surface area contributed by atoms with Gasteiger partial charge in [-0.3, -0.25) is 9.59 Å². The van der Waals surface area contributed by atoms with Crippen LogP contribution in [0, 0.1) is 0 Å². The summed E-state index contributed by atoms with van der Waals surface area (Å²) in [6.45, 7) is 2.73. The first kappa shape index (κ1) is 26.7. The molecule has 1 N–H and O–H groups in total. The lowest BCUT2D eigenvalue weighted by Gasteiger charge is -2.32. The highest BCUT2D eigenvalue weighted by atomic mass is 35.5. The Morgan fingerprint density at radius 2 is 1.74 bits per heavy atom. The zero-order chi connectivity index (χ0) is 25.4. The van der Waals surface area contributed by atoms with Crippen molar-refractivity contribution in [1.82, 2.24) is 9.80 Å². The van der Waals surface area contributed by atoms with Gasteiger partial charge in [-0.15, -0.1) is 0 Å². The molecule has 35 heavy (non-hydrogen) atoms. The third kappa shape index (κ3) is 7.82. The van der Waals surface area contributed by atoms with E-state index in [1.807, 2.05) is 25.2 Å². The Hall–Kier alpha value is -2.87. The van der Waals surface area contributed by atoms with Crippen molar-refractivity contribution in [3.8, 4) is 0 Å². The minimum Gasteiger partial charge on any atom is -0.466 e. The first-order chi connectivity index (χ1) is 16.8. The summed E-state index contributed by atoms with van der Waals surface area (Å²) in [4.78, 5) is 40.5. The number of likely N-dealkylation sites (tertiary alicyclic amines) is 1. The molecule has 0 unspecified atom stereocenters. The van der Waals surface area contributed by atoms with Crippen LogP contribution in [0.15, 0.2) is 54.6 Å². The zero-order valence-corrected chi connectivity index (χ0v) is 21.3. The van der Waals surface area contributed by atoms with E-state index < -0.39 is 11.9 Å². The average Bonchev–Trinajstić information content (AvgIpc) is 3.37. The predicted molar refractivity (Wildman–Crippen MR) is 138 cm³/mol. The number of nitrogens with zero attached hydrogens (tertiary/aromatic N) is 2. The third-order valence-electron chi connectivity index (χ3n) is 5.97. The molecule has 1 aliphatic rings. The molecule has 0 aliphatic carbocycles. The minimum absolute atomic E-state index is 0.0297. The lowest BCUT2D eigenvalue weighted by Crippen LogP contribution is -2.39. The van der Waals surface area contributed by atoms with Gasteiger partial charge in [0.15, 0.2) is 0 Å². The Kier molecular flexibility index (Phi) is 9.72. The van der Waals surface area contributed by atoms with Crippen molar-refractivity contribution in [3.05, 3.63) is 75.8 Å². The highest BCUT2D eigenvalue weighted by Gasteiger charge is 2.26. The molecule has 3 rings (SSSR count). The van der Waals surface area contributed by atoms with Crippen LogP contribution in [0.4, 0.5) is 5.69 Å². The van der Waals surface area contributed by atoms with Crippen molar-refractivity contribution in [2.24, 2.45) is 0 Å². The number of rotatable bonds is 9. The Balaban J connectivity index is 1.73. The number of nitrogens with one attached hydrogen (secondary N) is 1. The van der Waals surface area contributed by atoms with E-state index in [-0.39, 0.29) is 18.4 Å². The summed E-state index contributed by atoms with van der Waals surface area (Å²) in [7, 11) is 3.06. The van der Waals surface area contributed by atoms with Crippen molar-refractivity contribution >= 4 is 46.7 Å². The van der Waals surface area contributed by atoms with Crippen LogP contribution in [0.5, 0.6) is 0 Å². The SMILES string of the molecule is COC(=O)/C=C/C(=O)Nc1ccc([C@@H](CN2CCCC2)N(C)C(=O)Cc2ccc(Cl)c(Cl)c2)cc1. The quantitative estimate of drug-likeness (QED) is 0.391. The number of benzene rings is 2. The molecule has 0 bridgehead atoms. The maximum absolute atomic E-state index is 13.2. The van der Waals surface area contributed by atoms with E-state index in [2.05, 4.69) is 15.0 Å².